The van der Waals surface area contributed by atoms with Crippen LogP contribution >= 0.6 is 0 Å². The largest absolute Gasteiger partial charge is 0.384 e. The summed E-state index contributed by atoms with van der Waals surface area (Å²) in [5.74, 6) is 0.650. The molecule has 1 aromatic rings. The minimum atomic E-state index is -0.0531. The molecule has 0 spiro atoms. The summed E-state index contributed by atoms with van der Waals surface area (Å²) in [6.45, 7) is 0.837. The average Bonchev–Trinajstić information content (AvgIpc) is 2.99. The topological polar surface area (TPSA) is 79.0 Å². The Morgan fingerprint density at radius 3 is 2.91 bits per heavy atom. The van der Waals surface area contributed by atoms with Gasteiger partial charge in [0.25, 0.3) is 0 Å². The molecule has 1 atom stereocenters. The second-order valence-corrected chi connectivity index (χ2v) is 6.54. The monoisotopic (exact) mass is 306 g/mol. The number of aryl methyl sites for hydroxylation is 1. The standard InChI is InChI=1S/C16H26N4O2/c1-22-10-11-5-7-13(8-6-11)18-16(21)19-14-4-2-3-12-9-17-20-15(12)14/h9,11,13-14H,2-8,10H2,1H3,(H,17,20)(H2,18,19,21). The lowest BCUT2D eigenvalue weighted by molar-refractivity contribution is 0.124. The summed E-state index contributed by atoms with van der Waals surface area (Å²) in [7, 11) is 1.76. The predicted octanol–water partition coefficient (Wildman–Crippen LogP) is 2.29. The number of ether oxygens (including phenoxy) is 1. The Hall–Kier alpha value is -1.56. The van der Waals surface area contributed by atoms with Gasteiger partial charge in [0.15, 0.2) is 0 Å². The Kier molecular flexibility index (Phi) is 4.97. The third kappa shape index (κ3) is 3.61. The van der Waals surface area contributed by atoms with Crippen LogP contribution in [-0.4, -0.2) is 36.0 Å². The maximum absolute atomic E-state index is 12.2. The summed E-state index contributed by atoms with van der Waals surface area (Å²) in [4.78, 5) is 12.2. The van der Waals surface area contributed by atoms with E-state index in [1.165, 1.54) is 5.56 Å². The molecule has 1 heterocycles. The average molecular weight is 306 g/mol. The lowest BCUT2D eigenvalue weighted by atomic mass is 9.86. The number of aromatic amines is 1. The van der Waals surface area contributed by atoms with Gasteiger partial charge in [-0.25, -0.2) is 4.79 Å². The van der Waals surface area contributed by atoms with Gasteiger partial charge in [0.1, 0.15) is 0 Å². The third-order valence-electron chi connectivity index (χ3n) is 4.93. The van der Waals surface area contributed by atoms with Crippen LogP contribution in [0.5, 0.6) is 0 Å². The second kappa shape index (κ2) is 7.13. The van der Waals surface area contributed by atoms with Crippen molar-refractivity contribution in [2.75, 3.05) is 13.7 Å². The molecule has 6 nitrogen and oxygen atoms in total. The van der Waals surface area contributed by atoms with Crippen LogP contribution < -0.4 is 10.6 Å². The molecule has 0 aromatic carbocycles. The van der Waals surface area contributed by atoms with Gasteiger partial charge in [-0.2, -0.15) is 5.10 Å². The Labute approximate surface area is 131 Å². The highest BCUT2D eigenvalue weighted by Crippen LogP contribution is 2.28. The molecule has 22 heavy (non-hydrogen) atoms. The van der Waals surface area contributed by atoms with Crippen LogP contribution in [0.4, 0.5) is 4.79 Å². The van der Waals surface area contributed by atoms with E-state index >= 15 is 0 Å². The predicted molar refractivity (Wildman–Crippen MR) is 83.6 cm³/mol. The van der Waals surface area contributed by atoms with Gasteiger partial charge in [-0.1, -0.05) is 0 Å². The molecule has 6 heteroatoms. The van der Waals surface area contributed by atoms with E-state index in [-0.39, 0.29) is 18.1 Å². The van der Waals surface area contributed by atoms with Gasteiger partial charge < -0.3 is 15.4 Å². The summed E-state index contributed by atoms with van der Waals surface area (Å²) in [6.07, 6.45) is 9.35. The molecule has 1 fully saturated rings. The number of amides is 2. The van der Waals surface area contributed by atoms with Crippen LogP contribution in [0.2, 0.25) is 0 Å². The Morgan fingerprint density at radius 1 is 1.32 bits per heavy atom. The molecular weight excluding hydrogens is 280 g/mol. The van der Waals surface area contributed by atoms with Crippen LogP contribution in [0.15, 0.2) is 6.20 Å². The van der Waals surface area contributed by atoms with Crippen LogP contribution in [0.1, 0.15) is 55.8 Å². The molecule has 1 aromatic heterocycles. The van der Waals surface area contributed by atoms with Gasteiger partial charge in [0.2, 0.25) is 0 Å². The van der Waals surface area contributed by atoms with E-state index in [0.717, 1.165) is 57.2 Å². The van der Waals surface area contributed by atoms with Gasteiger partial charge >= 0.3 is 6.03 Å². The van der Waals surface area contributed by atoms with E-state index in [0.29, 0.717) is 5.92 Å². The van der Waals surface area contributed by atoms with E-state index in [9.17, 15) is 4.79 Å². The number of H-pyrrole nitrogens is 1. The van der Waals surface area contributed by atoms with Crippen molar-refractivity contribution >= 4 is 6.03 Å². The van der Waals surface area contributed by atoms with E-state index < -0.39 is 0 Å². The fourth-order valence-electron chi connectivity index (χ4n) is 3.70. The summed E-state index contributed by atoms with van der Waals surface area (Å²) < 4.78 is 5.21. The van der Waals surface area contributed by atoms with Crippen LogP contribution in [0.3, 0.4) is 0 Å². The molecule has 0 aliphatic heterocycles. The molecule has 0 radical (unpaired) electrons. The number of urea groups is 1. The number of rotatable bonds is 4. The van der Waals surface area contributed by atoms with E-state index in [4.69, 9.17) is 4.74 Å². The first kappa shape index (κ1) is 15.3. The number of methoxy groups -OCH3 is 1. The second-order valence-electron chi connectivity index (χ2n) is 6.54. The Balaban J connectivity index is 1.46. The number of carbonyl (C=O) groups excluding carboxylic acids is 1. The molecule has 2 aliphatic rings. The fourth-order valence-corrected chi connectivity index (χ4v) is 3.70. The lowest BCUT2D eigenvalue weighted by Crippen LogP contribution is -2.45. The lowest BCUT2D eigenvalue weighted by Gasteiger charge is -2.30. The molecule has 1 saturated carbocycles. The van der Waals surface area contributed by atoms with Crippen molar-refractivity contribution in [1.29, 1.82) is 0 Å². The van der Waals surface area contributed by atoms with Crippen molar-refractivity contribution in [3.05, 3.63) is 17.5 Å². The van der Waals surface area contributed by atoms with Crippen molar-refractivity contribution in [2.24, 2.45) is 5.92 Å². The van der Waals surface area contributed by atoms with Crippen molar-refractivity contribution in [2.45, 2.75) is 57.0 Å². The quantitative estimate of drug-likeness (QED) is 0.798. The highest BCUT2D eigenvalue weighted by Gasteiger charge is 2.26. The molecule has 2 aliphatic carbocycles. The molecule has 0 saturated heterocycles. The summed E-state index contributed by atoms with van der Waals surface area (Å²) in [6, 6.07) is 0.302. The van der Waals surface area contributed by atoms with Crippen molar-refractivity contribution in [1.82, 2.24) is 20.8 Å². The van der Waals surface area contributed by atoms with Crippen molar-refractivity contribution < 1.29 is 9.53 Å². The summed E-state index contributed by atoms with van der Waals surface area (Å²) >= 11 is 0. The van der Waals surface area contributed by atoms with Gasteiger partial charge in [-0.3, -0.25) is 5.10 Å². The molecular formula is C16H26N4O2. The maximum atomic E-state index is 12.2. The summed E-state index contributed by atoms with van der Waals surface area (Å²) in [5, 5.41) is 13.3. The zero-order chi connectivity index (χ0) is 15.4. The number of nitrogens with zero attached hydrogens (tertiary/aromatic N) is 1. The normalized spacial score (nSPS) is 28.0. The van der Waals surface area contributed by atoms with Gasteiger partial charge in [-0.05, 0) is 56.4 Å². The first-order valence-corrected chi connectivity index (χ1v) is 8.34. The smallest absolute Gasteiger partial charge is 0.315 e. The number of carbonyl (C=O) groups is 1. The Bertz CT molecular complexity index is 494. The molecule has 3 rings (SSSR count). The number of hydrogen-bond donors (Lipinski definition) is 3. The number of nitrogens with one attached hydrogen (secondary N) is 3. The van der Waals surface area contributed by atoms with Crippen LogP contribution in [0.25, 0.3) is 0 Å². The fraction of sp³-hybridized carbons (Fsp3) is 0.750. The van der Waals surface area contributed by atoms with Crippen molar-refractivity contribution in [3.63, 3.8) is 0 Å². The zero-order valence-corrected chi connectivity index (χ0v) is 13.2. The van der Waals surface area contributed by atoms with E-state index in [1.807, 2.05) is 6.20 Å². The van der Waals surface area contributed by atoms with E-state index in [2.05, 4.69) is 20.8 Å². The molecule has 1 unspecified atom stereocenters. The summed E-state index contributed by atoms with van der Waals surface area (Å²) in [5.41, 5.74) is 2.31. The maximum Gasteiger partial charge on any atom is 0.315 e. The Morgan fingerprint density at radius 2 is 2.14 bits per heavy atom. The molecule has 122 valence electrons. The van der Waals surface area contributed by atoms with Gasteiger partial charge in [0.05, 0.1) is 17.9 Å². The minimum absolute atomic E-state index is 0.0531. The molecule has 0 bridgehead atoms. The zero-order valence-electron chi connectivity index (χ0n) is 13.2. The van der Waals surface area contributed by atoms with Crippen molar-refractivity contribution in [3.8, 4) is 0 Å². The molecule has 3 N–H and O–H groups in total. The van der Waals surface area contributed by atoms with Crippen LogP contribution in [-0.2, 0) is 11.2 Å². The third-order valence-corrected chi connectivity index (χ3v) is 4.93. The van der Waals surface area contributed by atoms with Gasteiger partial charge in [0, 0.05) is 19.8 Å². The number of fused-ring (bicyclic) bond motifs is 1. The van der Waals surface area contributed by atoms with Crippen LogP contribution in [0, 0.1) is 5.92 Å². The molecule has 2 amide bonds. The van der Waals surface area contributed by atoms with E-state index in [1.54, 1.807) is 7.11 Å². The minimum Gasteiger partial charge on any atom is -0.384 e. The van der Waals surface area contributed by atoms with Gasteiger partial charge in [-0.15, -0.1) is 0 Å². The first-order chi connectivity index (χ1) is 10.8. The number of hydrogen-bond acceptors (Lipinski definition) is 3. The highest BCUT2D eigenvalue weighted by molar-refractivity contribution is 5.74. The highest BCUT2D eigenvalue weighted by atomic mass is 16.5. The first-order valence-electron chi connectivity index (χ1n) is 8.34. The SMILES string of the molecule is COCC1CCC(NC(=O)NC2CCCc3cn[nH]c32)CC1. The number of aromatic nitrogens is 2.